The predicted molar refractivity (Wildman–Crippen MR) is 97.6 cm³/mol. The van der Waals surface area contributed by atoms with Gasteiger partial charge in [0.05, 0.1) is 5.56 Å². The summed E-state index contributed by atoms with van der Waals surface area (Å²) in [6.07, 6.45) is 0.0715. The molecule has 8 heteroatoms. The molecule has 0 aliphatic carbocycles. The van der Waals surface area contributed by atoms with Crippen molar-refractivity contribution in [1.82, 2.24) is 0 Å². The van der Waals surface area contributed by atoms with Crippen LogP contribution in [-0.2, 0) is 4.57 Å². The molecule has 128 valence electrons. The quantitative estimate of drug-likeness (QED) is 0.651. The van der Waals surface area contributed by atoms with Gasteiger partial charge in [-0.05, 0) is 40.0 Å². The van der Waals surface area contributed by atoms with Crippen LogP contribution in [0.25, 0.3) is 11.1 Å². The normalized spacial score (nSPS) is 12.2. The van der Waals surface area contributed by atoms with Gasteiger partial charge in [-0.2, -0.15) is 4.89 Å². The topological polar surface area (TPSA) is 101 Å². The van der Waals surface area contributed by atoms with E-state index in [0.29, 0.717) is 16.1 Å². The number of hydrogen-bond acceptors (Lipinski definition) is 3. The maximum atomic E-state index is 11.1. The molecule has 0 heterocycles. The molecule has 0 radical (unpaired) electrons. The lowest BCUT2D eigenvalue weighted by atomic mass is 9.95. The number of benzene rings is 2. The van der Waals surface area contributed by atoms with Crippen molar-refractivity contribution in [1.29, 1.82) is 0 Å². The molecule has 2 atom stereocenters. The van der Waals surface area contributed by atoms with Crippen LogP contribution in [0.3, 0.4) is 0 Å². The number of nitrogens with two attached hydrogens (primary N) is 1. The molecule has 24 heavy (non-hydrogen) atoms. The van der Waals surface area contributed by atoms with Crippen molar-refractivity contribution in [2.45, 2.75) is 5.92 Å². The molecule has 0 saturated carbocycles. The second-order valence-corrected chi connectivity index (χ2v) is 6.57. The van der Waals surface area contributed by atoms with Gasteiger partial charge in [-0.25, -0.2) is 4.79 Å². The third kappa shape index (κ3) is 5.00. The Morgan fingerprint density at radius 2 is 1.96 bits per heavy atom. The Hall–Kier alpha value is -1.49. The van der Waals surface area contributed by atoms with Crippen LogP contribution < -0.4 is 5.73 Å². The maximum Gasteiger partial charge on any atom is 0.506 e. The second kappa shape index (κ2) is 9.11. The highest BCUT2D eigenvalue weighted by atomic mass is 35.5. The fourth-order valence-corrected chi connectivity index (χ4v) is 3.31. The van der Waals surface area contributed by atoms with Gasteiger partial charge in [0.15, 0.2) is 6.16 Å². The zero-order chi connectivity index (χ0) is 17.0. The minimum Gasteiger partial charge on any atom is -0.478 e. The SMILES string of the molecule is Cl.NCC(C[P+](=O)O)c1ccc(Cl)c(-c2cccc(C(=O)O)c2)c1. The Kier molecular flexibility index (Phi) is 7.80. The molecule has 0 fully saturated rings. The van der Waals surface area contributed by atoms with Crippen molar-refractivity contribution in [3.63, 3.8) is 0 Å². The summed E-state index contributed by atoms with van der Waals surface area (Å²) in [5, 5.41) is 9.57. The number of carbonyl (C=O) groups is 1. The summed E-state index contributed by atoms with van der Waals surface area (Å²) >= 11 is 6.23. The molecule has 0 spiro atoms. The van der Waals surface area contributed by atoms with Gasteiger partial charge >= 0.3 is 14.0 Å². The first-order chi connectivity index (χ1) is 10.9. The van der Waals surface area contributed by atoms with Crippen molar-refractivity contribution in [3.05, 3.63) is 58.6 Å². The number of carboxylic acid groups (broad SMARTS) is 1. The summed E-state index contributed by atoms with van der Waals surface area (Å²) < 4.78 is 11.1. The zero-order valence-electron chi connectivity index (χ0n) is 12.6. The Labute approximate surface area is 151 Å². The van der Waals surface area contributed by atoms with E-state index in [0.717, 1.165) is 5.56 Å². The van der Waals surface area contributed by atoms with Crippen LogP contribution in [-0.4, -0.2) is 28.7 Å². The first-order valence-electron chi connectivity index (χ1n) is 6.89. The lowest BCUT2D eigenvalue weighted by molar-refractivity contribution is 0.0697. The van der Waals surface area contributed by atoms with E-state index in [1.807, 2.05) is 0 Å². The van der Waals surface area contributed by atoms with Crippen molar-refractivity contribution in [2.24, 2.45) is 5.73 Å². The van der Waals surface area contributed by atoms with Crippen LogP contribution >= 0.6 is 32.0 Å². The highest BCUT2D eigenvalue weighted by Gasteiger charge is 2.22. The van der Waals surface area contributed by atoms with Crippen molar-refractivity contribution >= 4 is 38.0 Å². The minimum absolute atomic E-state index is 0. The highest BCUT2D eigenvalue weighted by Crippen LogP contribution is 2.33. The van der Waals surface area contributed by atoms with Crippen LogP contribution in [0.2, 0.25) is 5.02 Å². The number of carboxylic acids is 1. The largest absolute Gasteiger partial charge is 0.506 e. The number of aromatic carboxylic acids is 1. The van der Waals surface area contributed by atoms with E-state index in [9.17, 15) is 9.36 Å². The second-order valence-electron chi connectivity index (χ2n) is 5.09. The van der Waals surface area contributed by atoms with Crippen LogP contribution in [0.5, 0.6) is 0 Å². The van der Waals surface area contributed by atoms with Crippen LogP contribution in [0, 0.1) is 0 Å². The van der Waals surface area contributed by atoms with E-state index in [1.165, 1.54) is 12.1 Å². The summed E-state index contributed by atoms with van der Waals surface area (Å²) in [7, 11) is -2.30. The van der Waals surface area contributed by atoms with Gasteiger partial charge in [0, 0.05) is 23.0 Å². The smallest absolute Gasteiger partial charge is 0.478 e. The molecule has 4 N–H and O–H groups in total. The lowest BCUT2D eigenvalue weighted by Crippen LogP contribution is -2.14. The van der Waals surface area contributed by atoms with E-state index in [4.69, 9.17) is 27.3 Å². The summed E-state index contributed by atoms with van der Waals surface area (Å²) in [6, 6.07) is 11.7. The standard InChI is InChI=1S/C16H15ClNO4P.ClH/c17-15-5-4-10(13(8-18)9-23(21)22)7-14(15)11-2-1-3-12(6-11)16(19)20;/h1-7,13H,8-9,18H2,(H-,19,20,21,22);1H/p+1. The molecule has 0 bridgehead atoms. The van der Waals surface area contributed by atoms with Crippen molar-refractivity contribution < 1.29 is 19.4 Å². The van der Waals surface area contributed by atoms with E-state index in [-0.39, 0.29) is 36.6 Å². The number of rotatable bonds is 6. The molecule has 2 aromatic carbocycles. The van der Waals surface area contributed by atoms with Crippen LogP contribution in [0.1, 0.15) is 21.8 Å². The molecule has 0 aromatic heterocycles. The fraction of sp³-hybridized carbons (Fsp3) is 0.188. The van der Waals surface area contributed by atoms with E-state index in [2.05, 4.69) is 0 Å². The Balaban J connectivity index is 0.00000288. The molecule has 0 amide bonds. The van der Waals surface area contributed by atoms with E-state index < -0.39 is 14.0 Å². The predicted octanol–water partition coefficient (Wildman–Crippen LogP) is 3.90. The molecule has 0 aliphatic heterocycles. The summed E-state index contributed by atoms with van der Waals surface area (Å²) in [5.74, 6) is -1.28. The van der Waals surface area contributed by atoms with Gasteiger partial charge in [-0.3, -0.25) is 0 Å². The van der Waals surface area contributed by atoms with Crippen molar-refractivity contribution in [3.8, 4) is 11.1 Å². The monoisotopic (exact) mass is 388 g/mol. The molecular formula is C16H17Cl2NO4P+. The minimum atomic E-state index is -2.30. The Bertz CT molecular complexity index is 755. The summed E-state index contributed by atoms with van der Waals surface area (Å²) in [4.78, 5) is 20.2. The van der Waals surface area contributed by atoms with Gasteiger partial charge in [-0.15, -0.1) is 12.4 Å². The third-order valence-electron chi connectivity index (χ3n) is 3.54. The zero-order valence-corrected chi connectivity index (χ0v) is 15.0. The van der Waals surface area contributed by atoms with Crippen LogP contribution in [0.4, 0.5) is 0 Å². The average Bonchev–Trinajstić information content (AvgIpc) is 2.53. The molecule has 0 saturated heterocycles. The molecule has 5 nitrogen and oxygen atoms in total. The summed E-state index contributed by atoms with van der Waals surface area (Å²) in [5.41, 5.74) is 7.99. The first-order valence-corrected chi connectivity index (χ1v) is 8.66. The molecular weight excluding hydrogens is 372 g/mol. The Morgan fingerprint density at radius 1 is 1.25 bits per heavy atom. The van der Waals surface area contributed by atoms with Gasteiger partial charge < -0.3 is 10.8 Å². The van der Waals surface area contributed by atoms with Gasteiger partial charge in [0.2, 0.25) is 0 Å². The van der Waals surface area contributed by atoms with Crippen molar-refractivity contribution in [2.75, 3.05) is 12.7 Å². The Morgan fingerprint density at radius 3 is 2.54 bits per heavy atom. The van der Waals surface area contributed by atoms with Gasteiger partial charge in [0.1, 0.15) is 0 Å². The number of hydrogen-bond donors (Lipinski definition) is 3. The summed E-state index contributed by atoms with van der Waals surface area (Å²) in [6.45, 7) is 0.234. The first kappa shape index (κ1) is 20.6. The van der Waals surface area contributed by atoms with Gasteiger partial charge in [0.25, 0.3) is 0 Å². The highest BCUT2D eigenvalue weighted by molar-refractivity contribution is 7.38. The fourth-order valence-electron chi connectivity index (χ4n) is 2.34. The average molecular weight is 389 g/mol. The lowest BCUT2D eigenvalue weighted by Gasteiger charge is -2.13. The molecule has 2 aromatic rings. The van der Waals surface area contributed by atoms with E-state index >= 15 is 0 Å². The van der Waals surface area contributed by atoms with Gasteiger partial charge in [-0.1, -0.05) is 29.8 Å². The number of halogens is 2. The van der Waals surface area contributed by atoms with Crippen LogP contribution in [0.15, 0.2) is 42.5 Å². The molecule has 0 aliphatic rings. The molecule has 2 rings (SSSR count). The third-order valence-corrected chi connectivity index (χ3v) is 4.63. The van der Waals surface area contributed by atoms with E-state index in [1.54, 1.807) is 30.3 Å². The maximum absolute atomic E-state index is 11.1. The molecule has 2 unspecified atom stereocenters.